The van der Waals surface area contributed by atoms with Gasteiger partial charge in [-0.25, -0.2) is 0 Å². The van der Waals surface area contributed by atoms with E-state index in [9.17, 15) is 0 Å². The van der Waals surface area contributed by atoms with Gasteiger partial charge in [0.1, 0.15) is 6.33 Å². The molecule has 0 unspecified atom stereocenters. The Morgan fingerprint density at radius 2 is 2.31 bits per heavy atom. The van der Waals surface area contributed by atoms with Crippen LogP contribution in [0.4, 0.5) is 0 Å². The van der Waals surface area contributed by atoms with Crippen LogP contribution in [0.1, 0.15) is 19.3 Å². The van der Waals surface area contributed by atoms with Gasteiger partial charge in [0.05, 0.1) is 0 Å². The maximum absolute atomic E-state index is 5.40. The molecule has 1 rings (SSSR count). The summed E-state index contributed by atoms with van der Waals surface area (Å²) in [6, 6.07) is 0. The largest absolute Gasteiger partial charge is 0.330 e. The predicted octanol–water partition coefficient (Wildman–Crippen LogP) is 1.04. The minimum absolute atomic E-state index is 0.800. The standard InChI is InChI=1S/C8H16N4S/c1-12-7-10-11-8(12)13-6-4-2-3-5-9/h7H,2-6,9H2,1H3. The maximum atomic E-state index is 5.40. The van der Waals surface area contributed by atoms with Gasteiger partial charge in [0.25, 0.3) is 0 Å². The van der Waals surface area contributed by atoms with Crippen molar-refractivity contribution in [2.45, 2.75) is 24.4 Å². The van der Waals surface area contributed by atoms with Gasteiger partial charge in [0, 0.05) is 12.8 Å². The van der Waals surface area contributed by atoms with E-state index in [2.05, 4.69) is 10.2 Å². The molecule has 4 nitrogen and oxygen atoms in total. The van der Waals surface area contributed by atoms with Gasteiger partial charge in [-0.2, -0.15) is 0 Å². The van der Waals surface area contributed by atoms with Crippen molar-refractivity contribution in [3.05, 3.63) is 6.33 Å². The minimum atomic E-state index is 0.800. The van der Waals surface area contributed by atoms with Gasteiger partial charge in [0.15, 0.2) is 5.16 Å². The van der Waals surface area contributed by atoms with E-state index in [4.69, 9.17) is 5.73 Å². The fraction of sp³-hybridized carbons (Fsp3) is 0.750. The summed E-state index contributed by atoms with van der Waals surface area (Å²) < 4.78 is 1.94. The van der Waals surface area contributed by atoms with E-state index in [0.29, 0.717) is 0 Å². The number of aryl methyl sites for hydroxylation is 1. The number of nitrogens with two attached hydrogens (primary N) is 1. The lowest BCUT2D eigenvalue weighted by Crippen LogP contribution is -1.98. The van der Waals surface area contributed by atoms with Gasteiger partial charge < -0.3 is 10.3 Å². The Morgan fingerprint density at radius 1 is 1.46 bits per heavy atom. The number of nitrogens with zero attached hydrogens (tertiary/aromatic N) is 3. The molecule has 13 heavy (non-hydrogen) atoms. The molecule has 0 saturated carbocycles. The molecule has 74 valence electrons. The number of unbranched alkanes of at least 4 members (excludes halogenated alkanes) is 2. The van der Waals surface area contributed by atoms with Gasteiger partial charge in [-0.05, 0) is 19.4 Å². The first-order valence-electron chi connectivity index (χ1n) is 4.51. The molecule has 0 aromatic carbocycles. The summed E-state index contributed by atoms with van der Waals surface area (Å²) in [5.41, 5.74) is 5.40. The molecule has 5 heteroatoms. The molecule has 0 aliphatic heterocycles. The zero-order valence-corrected chi connectivity index (χ0v) is 8.76. The van der Waals surface area contributed by atoms with Crippen molar-refractivity contribution < 1.29 is 0 Å². The normalized spacial score (nSPS) is 10.6. The van der Waals surface area contributed by atoms with Crippen LogP contribution in [0.3, 0.4) is 0 Å². The topological polar surface area (TPSA) is 56.7 Å². The summed E-state index contributed by atoms with van der Waals surface area (Å²) in [6.07, 6.45) is 5.26. The fourth-order valence-electron chi connectivity index (χ4n) is 0.990. The highest BCUT2D eigenvalue weighted by Crippen LogP contribution is 2.15. The average molecular weight is 200 g/mol. The zero-order chi connectivity index (χ0) is 9.52. The lowest BCUT2D eigenvalue weighted by Gasteiger charge is -1.99. The van der Waals surface area contributed by atoms with Crippen LogP contribution >= 0.6 is 11.8 Å². The summed E-state index contributed by atoms with van der Waals surface area (Å²) in [6.45, 7) is 0.800. The van der Waals surface area contributed by atoms with Crippen molar-refractivity contribution in [1.82, 2.24) is 14.8 Å². The number of aromatic nitrogens is 3. The number of hydrogen-bond donors (Lipinski definition) is 1. The van der Waals surface area contributed by atoms with E-state index in [1.165, 1.54) is 12.8 Å². The molecule has 0 radical (unpaired) electrons. The van der Waals surface area contributed by atoms with E-state index in [1.807, 2.05) is 11.6 Å². The summed E-state index contributed by atoms with van der Waals surface area (Å²) in [7, 11) is 1.96. The molecule has 0 saturated heterocycles. The van der Waals surface area contributed by atoms with Crippen molar-refractivity contribution in [3.8, 4) is 0 Å². The highest BCUT2D eigenvalue weighted by atomic mass is 32.2. The van der Waals surface area contributed by atoms with Crippen molar-refractivity contribution in [2.75, 3.05) is 12.3 Å². The van der Waals surface area contributed by atoms with Crippen LogP contribution in [-0.4, -0.2) is 27.1 Å². The Hall–Kier alpha value is -0.550. The number of thioether (sulfide) groups is 1. The van der Waals surface area contributed by atoms with Gasteiger partial charge in [0.2, 0.25) is 0 Å². The summed E-state index contributed by atoms with van der Waals surface area (Å²) in [5.74, 6) is 1.10. The van der Waals surface area contributed by atoms with E-state index in [-0.39, 0.29) is 0 Å². The second kappa shape index (κ2) is 5.99. The second-order valence-corrected chi connectivity index (χ2v) is 3.98. The summed E-state index contributed by atoms with van der Waals surface area (Å²) in [4.78, 5) is 0. The molecular weight excluding hydrogens is 184 g/mol. The van der Waals surface area contributed by atoms with E-state index >= 15 is 0 Å². The molecule has 0 fully saturated rings. The zero-order valence-electron chi connectivity index (χ0n) is 7.94. The first-order chi connectivity index (χ1) is 6.34. The third kappa shape index (κ3) is 3.78. The number of rotatable bonds is 6. The number of hydrogen-bond acceptors (Lipinski definition) is 4. The molecule has 0 amide bonds. The second-order valence-electron chi connectivity index (χ2n) is 2.92. The van der Waals surface area contributed by atoms with Crippen molar-refractivity contribution in [3.63, 3.8) is 0 Å². The van der Waals surface area contributed by atoms with Crippen LogP contribution in [0.2, 0.25) is 0 Å². The Balaban J connectivity index is 2.10. The van der Waals surface area contributed by atoms with Crippen molar-refractivity contribution in [2.24, 2.45) is 12.8 Å². The Bertz CT molecular complexity index is 236. The first-order valence-corrected chi connectivity index (χ1v) is 5.50. The molecule has 0 aliphatic rings. The summed E-state index contributed by atoms with van der Waals surface area (Å²) >= 11 is 1.75. The Kier molecular flexibility index (Phi) is 4.85. The van der Waals surface area contributed by atoms with Crippen molar-refractivity contribution >= 4 is 11.8 Å². The molecule has 0 spiro atoms. The summed E-state index contributed by atoms with van der Waals surface area (Å²) in [5, 5.41) is 8.79. The van der Waals surface area contributed by atoms with Gasteiger partial charge in [-0.15, -0.1) is 10.2 Å². The lowest BCUT2D eigenvalue weighted by atomic mass is 10.2. The van der Waals surface area contributed by atoms with Crippen LogP contribution in [0.15, 0.2) is 11.5 Å². The van der Waals surface area contributed by atoms with Gasteiger partial charge in [-0.3, -0.25) is 0 Å². The Morgan fingerprint density at radius 3 is 2.92 bits per heavy atom. The van der Waals surface area contributed by atoms with Crippen LogP contribution in [-0.2, 0) is 7.05 Å². The predicted molar refractivity (Wildman–Crippen MR) is 54.6 cm³/mol. The van der Waals surface area contributed by atoms with E-state index in [1.54, 1.807) is 18.1 Å². The SMILES string of the molecule is Cn1cnnc1SCCCCCN. The van der Waals surface area contributed by atoms with Crippen LogP contribution in [0.25, 0.3) is 0 Å². The monoisotopic (exact) mass is 200 g/mol. The third-order valence-electron chi connectivity index (χ3n) is 1.75. The highest BCUT2D eigenvalue weighted by molar-refractivity contribution is 7.99. The van der Waals surface area contributed by atoms with Crippen molar-refractivity contribution in [1.29, 1.82) is 0 Å². The van der Waals surface area contributed by atoms with Crippen LogP contribution in [0, 0.1) is 0 Å². The fourth-order valence-corrected chi connectivity index (χ4v) is 1.88. The molecule has 0 atom stereocenters. The highest BCUT2D eigenvalue weighted by Gasteiger charge is 1.99. The third-order valence-corrected chi connectivity index (χ3v) is 2.87. The smallest absolute Gasteiger partial charge is 0.190 e. The Labute approximate surface area is 82.9 Å². The molecule has 2 N–H and O–H groups in total. The molecule has 1 aromatic rings. The molecule has 1 heterocycles. The molecule has 0 bridgehead atoms. The van der Waals surface area contributed by atoms with E-state index in [0.717, 1.165) is 23.9 Å². The van der Waals surface area contributed by atoms with Gasteiger partial charge >= 0.3 is 0 Å². The first kappa shape index (κ1) is 10.5. The van der Waals surface area contributed by atoms with Crippen LogP contribution < -0.4 is 5.73 Å². The van der Waals surface area contributed by atoms with Gasteiger partial charge in [-0.1, -0.05) is 18.2 Å². The average Bonchev–Trinajstić information content (AvgIpc) is 2.52. The molecule has 1 aromatic heterocycles. The van der Waals surface area contributed by atoms with E-state index < -0.39 is 0 Å². The maximum Gasteiger partial charge on any atom is 0.190 e. The minimum Gasteiger partial charge on any atom is -0.330 e. The quantitative estimate of drug-likeness (QED) is 0.550. The molecular formula is C8H16N4S. The van der Waals surface area contributed by atoms with Crippen LogP contribution in [0.5, 0.6) is 0 Å². The molecule has 0 aliphatic carbocycles. The lowest BCUT2D eigenvalue weighted by molar-refractivity contribution is 0.729.